The second kappa shape index (κ2) is 30.0. The number of carboxylic acids is 4. The van der Waals surface area contributed by atoms with Crippen molar-refractivity contribution < 1.29 is 78.9 Å². The van der Waals surface area contributed by atoms with Gasteiger partial charge in [-0.1, -0.05) is 109 Å². The van der Waals surface area contributed by atoms with Crippen molar-refractivity contribution in [3.05, 3.63) is 134 Å². The molecule has 0 N–H and O–H groups in total. The molecule has 0 saturated carbocycles. The van der Waals surface area contributed by atoms with E-state index in [1.165, 1.54) is 60.4 Å². The van der Waals surface area contributed by atoms with Gasteiger partial charge in [-0.25, -0.2) is 0 Å². The quantitative estimate of drug-likeness (QED) is 0.179. The summed E-state index contributed by atoms with van der Waals surface area (Å²) in [5.41, 5.74) is 4.44. The van der Waals surface area contributed by atoms with E-state index in [4.69, 9.17) is 0 Å². The van der Waals surface area contributed by atoms with Crippen LogP contribution in [0.2, 0.25) is 0 Å². The molecule has 1 radical (unpaired) electrons. The van der Waals surface area contributed by atoms with E-state index < -0.39 is 49.6 Å². The Morgan fingerprint density at radius 3 is 0.852 bits per heavy atom. The van der Waals surface area contributed by atoms with Crippen molar-refractivity contribution in [3.63, 3.8) is 0 Å². The Hall–Kier alpha value is -7.09. The number of hydrogen-bond acceptors (Lipinski definition) is 14. The maximum Gasteiger partial charge on any atom is 0.135 e. The molecule has 0 aliphatic heterocycles. The van der Waals surface area contributed by atoms with Crippen molar-refractivity contribution in [3.8, 4) is 22.5 Å². The second-order valence-corrected chi connectivity index (χ2v) is 12.5. The van der Waals surface area contributed by atoms with Gasteiger partial charge in [-0.2, -0.15) is 0 Å². The Morgan fingerprint density at radius 1 is 0.377 bits per heavy atom. The number of pyridine rings is 2. The molecule has 0 saturated heterocycles. The topological polar surface area (TPSA) is 255 Å². The maximum atomic E-state index is 9.83. The van der Waals surface area contributed by atoms with Crippen LogP contribution in [0.25, 0.3) is 44.1 Å². The molecular formula is C46H42IrN2O12-4. The van der Waals surface area contributed by atoms with Crippen LogP contribution in [0.4, 0.5) is 0 Å². The zero-order chi connectivity index (χ0) is 45.0. The molecule has 0 bridgehead atoms. The van der Waals surface area contributed by atoms with Crippen LogP contribution >= 0.6 is 0 Å². The van der Waals surface area contributed by atoms with E-state index in [0.29, 0.717) is 0 Å². The number of nitrogens with zero attached hydrogens (tertiary/aromatic N) is 2. The van der Waals surface area contributed by atoms with Crippen LogP contribution in [0.3, 0.4) is 0 Å². The summed E-state index contributed by atoms with van der Waals surface area (Å²) in [5, 5.41) is 42.8. The van der Waals surface area contributed by atoms with E-state index in [-0.39, 0.29) is 43.2 Å². The predicted octanol–water partition coefficient (Wildman–Crippen LogP) is 2.66. The number of benzene rings is 4. The van der Waals surface area contributed by atoms with Gasteiger partial charge in [0.05, 0.1) is 11.4 Å². The van der Waals surface area contributed by atoms with Crippen LogP contribution in [0, 0.1) is 0 Å². The second-order valence-electron chi connectivity index (χ2n) is 12.5. The van der Waals surface area contributed by atoms with E-state index in [1.54, 1.807) is 0 Å². The molecule has 61 heavy (non-hydrogen) atoms. The molecule has 14 nitrogen and oxygen atoms in total. The van der Waals surface area contributed by atoms with Crippen molar-refractivity contribution in [2.75, 3.05) is 0 Å². The number of ketones is 4. The summed E-state index contributed by atoms with van der Waals surface area (Å²) in [5.74, 6) is -6.75. The Balaban J connectivity index is 0.000000747. The van der Waals surface area contributed by atoms with Crippen LogP contribution in [0.1, 0.15) is 53.4 Å². The molecule has 0 atom stereocenters. The number of carbonyl (C=O) groups excluding carboxylic acids is 8. The smallest absolute Gasteiger partial charge is 0.135 e. The third-order valence-corrected chi connectivity index (χ3v) is 7.01. The van der Waals surface area contributed by atoms with Gasteiger partial charge in [0.15, 0.2) is 0 Å². The summed E-state index contributed by atoms with van der Waals surface area (Å²) < 4.78 is 0. The fourth-order valence-corrected chi connectivity index (χ4v) is 4.70. The molecule has 6 aromatic rings. The van der Waals surface area contributed by atoms with E-state index in [2.05, 4.69) is 82.8 Å². The molecule has 4 aromatic carbocycles. The van der Waals surface area contributed by atoms with Gasteiger partial charge in [-0.05, 0) is 50.6 Å². The molecule has 0 spiro atoms. The Labute approximate surface area is 365 Å². The number of aliphatic carboxylic acids is 4. The summed E-state index contributed by atoms with van der Waals surface area (Å²) in [6.45, 7) is 4.82. The number of carboxylic acid groups (broad SMARTS) is 4. The largest absolute Gasteiger partial charge is 0.550 e. The third-order valence-electron chi connectivity index (χ3n) is 7.01. The average Bonchev–Trinajstić information content (AvgIpc) is 3.17. The summed E-state index contributed by atoms with van der Waals surface area (Å²) in [7, 11) is 0. The Morgan fingerprint density at radius 2 is 0.623 bits per heavy atom. The standard InChI is InChI=1S/2C15H11N.4C4H6O3.Ir/c2*1-2-7-13(8-3-1)15-14-9-5-4-6-12(14)10-11-16-15;4*1-3(5)2-4(6)7;/h2*1-11H;4*2H2,1H3,(H,6,7);/p-4. The van der Waals surface area contributed by atoms with Crippen LogP contribution in [0.5, 0.6) is 0 Å². The monoisotopic (exact) mass is 1010 g/mol. The maximum absolute atomic E-state index is 9.83. The minimum atomic E-state index is -1.31. The van der Waals surface area contributed by atoms with Gasteiger partial charge >= 0.3 is 0 Å². The Kier molecular flexibility index (Phi) is 26.5. The normalized spacial score (nSPS) is 9.25. The first-order chi connectivity index (χ1) is 28.4. The molecule has 0 fully saturated rings. The molecule has 6 rings (SSSR count). The molecule has 2 aromatic heterocycles. The van der Waals surface area contributed by atoms with Crippen molar-refractivity contribution in [2.24, 2.45) is 0 Å². The third kappa shape index (κ3) is 24.4. The van der Waals surface area contributed by atoms with Crippen molar-refractivity contribution in [2.45, 2.75) is 53.4 Å². The Bertz CT molecular complexity index is 2090. The van der Waals surface area contributed by atoms with E-state index in [1.807, 2.05) is 60.9 Å². The van der Waals surface area contributed by atoms with Crippen molar-refractivity contribution in [1.29, 1.82) is 0 Å². The number of hydrogen-bond donors (Lipinski definition) is 0. The van der Waals surface area contributed by atoms with E-state index in [9.17, 15) is 58.8 Å². The molecule has 0 aliphatic rings. The van der Waals surface area contributed by atoms with Crippen molar-refractivity contribution in [1.82, 2.24) is 9.97 Å². The summed E-state index contributed by atoms with van der Waals surface area (Å²) in [4.78, 5) is 86.2. The molecule has 0 unspecified atom stereocenters. The average molecular weight is 1010 g/mol. The van der Waals surface area contributed by atoms with Gasteiger partial charge in [0, 0.05) is 104 Å². The zero-order valence-electron chi connectivity index (χ0n) is 33.7. The first-order valence-electron chi connectivity index (χ1n) is 18.0. The SMILES string of the molecule is CC(=O)CC(=O)[O-].CC(=O)CC(=O)[O-].CC(=O)CC(=O)[O-].CC(=O)CC(=O)[O-].[Ir].c1ccc(-c2nccc3ccccc23)cc1.c1ccc(-c2nccc3ccccc23)cc1. The molecule has 2 heterocycles. The van der Waals surface area contributed by atoms with Crippen LogP contribution in [-0.2, 0) is 58.5 Å². The summed E-state index contributed by atoms with van der Waals surface area (Å²) in [6, 6.07) is 41.3. The van der Waals surface area contributed by atoms with Gasteiger partial charge in [-0.3, -0.25) is 29.1 Å². The minimum Gasteiger partial charge on any atom is -0.550 e. The predicted molar refractivity (Wildman–Crippen MR) is 216 cm³/mol. The van der Waals surface area contributed by atoms with Gasteiger partial charge in [-0.15, -0.1) is 0 Å². The van der Waals surface area contributed by atoms with Gasteiger partial charge in [0.1, 0.15) is 23.1 Å². The molecule has 321 valence electrons. The molecule has 15 heteroatoms. The fraction of sp³-hybridized carbons (Fsp3) is 0.174. The summed E-state index contributed by atoms with van der Waals surface area (Å²) >= 11 is 0. The molecule has 0 aliphatic carbocycles. The van der Waals surface area contributed by atoms with Crippen LogP contribution in [0.15, 0.2) is 134 Å². The number of carbonyl (C=O) groups is 8. The van der Waals surface area contributed by atoms with Crippen molar-refractivity contribution >= 4 is 68.6 Å². The number of fused-ring (bicyclic) bond motifs is 2. The van der Waals surface area contributed by atoms with E-state index >= 15 is 0 Å². The number of Topliss-reactive ketones (excluding diaryl/α,β-unsaturated/α-hetero) is 4. The minimum absolute atomic E-state index is 0. The first kappa shape index (κ1) is 53.9. The number of aromatic nitrogens is 2. The zero-order valence-corrected chi connectivity index (χ0v) is 36.1. The van der Waals surface area contributed by atoms with Gasteiger partial charge in [0.2, 0.25) is 0 Å². The van der Waals surface area contributed by atoms with Gasteiger partial charge in [0.25, 0.3) is 0 Å². The summed E-state index contributed by atoms with van der Waals surface area (Å²) in [6.07, 6.45) is 1.84. The van der Waals surface area contributed by atoms with Crippen LogP contribution < -0.4 is 20.4 Å². The van der Waals surface area contributed by atoms with Crippen LogP contribution in [-0.4, -0.2) is 57.0 Å². The molecular weight excluding hydrogens is 965 g/mol. The van der Waals surface area contributed by atoms with Gasteiger partial charge < -0.3 is 39.6 Å². The molecule has 0 amide bonds. The first-order valence-corrected chi connectivity index (χ1v) is 18.0. The van der Waals surface area contributed by atoms with E-state index in [0.717, 1.165) is 11.4 Å². The fourth-order valence-electron chi connectivity index (χ4n) is 4.70. The number of rotatable bonds is 10.